The lowest BCUT2D eigenvalue weighted by Gasteiger charge is -2.17. The molecule has 0 radical (unpaired) electrons. The number of hydrogen-bond donors (Lipinski definition) is 0. The molecule has 3 heteroatoms. The molecule has 0 N–H and O–H groups in total. The fourth-order valence-electron chi connectivity index (χ4n) is 1.04. The highest BCUT2D eigenvalue weighted by molar-refractivity contribution is 5.88. The number of carbonyl (C=O) groups is 2. The van der Waals surface area contributed by atoms with Crippen LogP contribution in [0.15, 0.2) is 0 Å². The summed E-state index contributed by atoms with van der Waals surface area (Å²) in [6, 6.07) is 0. The first-order chi connectivity index (χ1) is 4.72. The molecule has 3 nitrogen and oxygen atoms in total. The number of cyclic esters (lactones) is 2. The van der Waals surface area contributed by atoms with Gasteiger partial charge in [0.05, 0.1) is 0 Å². The lowest BCUT2D eigenvalue weighted by atomic mass is 9.97. The summed E-state index contributed by atoms with van der Waals surface area (Å²) in [5, 5.41) is 0. The molecule has 0 aromatic carbocycles. The van der Waals surface area contributed by atoms with Crippen LogP contribution in [0.4, 0.5) is 0 Å². The molecule has 1 fully saturated rings. The van der Waals surface area contributed by atoms with Crippen molar-refractivity contribution in [1.29, 1.82) is 0 Å². The van der Waals surface area contributed by atoms with Crippen molar-refractivity contribution >= 4 is 11.9 Å². The molecule has 0 bridgehead atoms. The average molecular weight is 142 g/mol. The Balaban J connectivity index is 2.50. The van der Waals surface area contributed by atoms with Gasteiger partial charge in [0, 0.05) is 12.8 Å². The largest absolute Gasteiger partial charge is 0.393 e. The first-order valence-corrected chi connectivity index (χ1v) is 3.46. The SMILES string of the molecule is CCC1CC(=O)OC(=O)C1. The summed E-state index contributed by atoms with van der Waals surface area (Å²) in [4.78, 5) is 21.2. The van der Waals surface area contributed by atoms with E-state index < -0.39 is 0 Å². The Morgan fingerprint density at radius 3 is 2.30 bits per heavy atom. The summed E-state index contributed by atoms with van der Waals surface area (Å²) in [7, 11) is 0. The average Bonchev–Trinajstić information content (AvgIpc) is 1.85. The summed E-state index contributed by atoms with van der Waals surface area (Å²) in [6.07, 6.45) is 1.69. The minimum absolute atomic E-state index is 0.216. The summed E-state index contributed by atoms with van der Waals surface area (Å²) in [5.41, 5.74) is 0. The molecular weight excluding hydrogens is 132 g/mol. The van der Waals surface area contributed by atoms with Crippen molar-refractivity contribution in [2.24, 2.45) is 5.92 Å². The van der Waals surface area contributed by atoms with Crippen LogP contribution in [-0.2, 0) is 14.3 Å². The fraction of sp³-hybridized carbons (Fsp3) is 0.714. The van der Waals surface area contributed by atoms with E-state index in [1.165, 1.54) is 0 Å². The van der Waals surface area contributed by atoms with Gasteiger partial charge in [-0.3, -0.25) is 9.59 Å². The highest BCUT2D eigenvalue weighted by atomic mass is 16.6. The Morgan fingerprint density at radius 1 is 1.40 bits per heavy atom. The van der Waals surface area contributed by atoms with E-state index in [2.05, 4.69) is 4.74 Å². The van der Waals surface area contributed by atoms with Crippen molar-refractivity contribution in [2.75, 3.05) is 0 Å². The molecule has 0 saturated carbocycles. The quantitative estimate of drug-likeness (QED) is 0.403. The van der Waals surface area contributed by atoms with Crippen LogP contribution in [-0.4, -0.2) is 11.9 Å². The second kappa shape index (κ2) is 2.82. The van der Waals surface area contributed by atoms with Crippen LogP contribution >= 0.6 is 0 Å². The molecule has 10 heavy (non-hydrogen) atoms. The van der Waals surface area contributed by atoms with E-state index in [1.807, 2.05) is 6.92 Å². The van der Waals surface area contributed by atoms with E-state index in [1.54, 1.807) is 0 Å². The van der Waals surface area contributed by atoms with Gasteiger partial charge in [-0.25, -0.2) is 0 Å². The molecule has 0 unspecified atom stereocenters. The highest BCUT2D eigenvalue weighted by Crippen LogP contribution is 2.19. The zero-order valence-corrected chi connectivity index (χ0v) is 5.92. The molecule has 0 aliphatic carbocycles. The summed E-state index contributed by atoms with van der Waals surface area (Å²) < 4.78 is 4.34. The molecule has 1 heterocycles. The molecule has 1 saturated heterocycles. The van der Waals surface area contributed by atoms with E-state index in [0.29, 0.717) is 12.8 Å². The number of rotatable bonds is 1. The maximum Gasteiger partial charge on any atom is 0.313 e. The first-order valence-electron chi connectivity index (χ1n) is 3.46. The Bertz CT molecular complexity index is 146. The van der Waals surface area contributed by atoms with Gasteiger partial charge in [-0.2, -0.15) is 0 Å². The summed E-state index contributed by atoms with van der Waals surface area (Å²) >= 11 is 0. The number of ether oxygens (including phenoxy) is 1. The van der Waals surface area contributed by atoms with Gasteiger partial charge in [0.25, 0.3) is 0 Å². The van der Waals surface area contributed by atoms with E-state index in [-0.39, 0.29) is 17.9 Å². The third-order valence-electron chi connectivity index (χ3n) is 1.72. The van der Waals surface area contributed by atoms with Gasteiger partial charge in [-0.05, 0) is 5.92 Å². The smallest absolute Gasteiger partial charge is 0.313 e. The lowest BCUT2D eigenvalue weighted by Crippen LogP contribution is -2.24. The third-order valence-corrected chi connectivity index (χ3v) is 1.72. The first kappa shape index (κ1) is 7.25. The number of esters is 2. The normalized spacial score (nSPS) is 20.9. The van der Waals surface area contributed by atoms with Gasteiger partial charge in [0.15, 0.2) is 0 Å². The van der Waals surface area contributed by atoms with Crippen molar-refractivity contribution in [1.82, 2.24) is 0 Å². The molecule has 1 aliphatic rings. The van der Waals surface area contributed by atoms with Crippen molar-refractivity contribution < 1.29 is 14.3 Å². The van der Waals surface area contributed by atoms with Crippen LogP contribution in [0, 0.1) is 5.92 Å². The minimum atomic E-state index is -0.372. The van der Waals surface area contributed by atoms with Crippen molar-refractivity contribution in [3.8, 4) is 0 Å². The number of hydrogen-bond acceptors (Lipinski definition) is 3. The zero-order valence-electron chi connectivity index (χ0n) is 5.92. The van der Waals surface area contributed by atoms with Gasteiger partial charge in [0.2, 0.25) is 0 Å². The van der Waals surface area contributed by atoms with Crippen molar-refractivity contribution in [3.05, 3.63) is 0 Å². The summed E-state index contributed by atoms with van der Waals surface area (Å²) in [5.74, 6) is -0.528. The Hall–Kier alpha value is -0.860. The molecule has 1 aliphatic heterocycles. The van der Waals surface area contributed by atoms with Crippen molar-refractivity contribution in [2.45, 2.75) is 26.2 Å². The van der Waals surface area contributed by atoms with Crippen LogP contribution in [0.25, 0.3) is 0 Å². The Morgan fingerprint density at radius 2 is 1.90 bits per heavy atom. The predicted molar refractivity (Wildman–Crippen MR) is 34.1 cm³/mol. The Labute approximate surface area is 59.4 Å². The Kier molecular flexibility index (Phi) is 2.04. The molecule has 0 spiro atoms. The predicted octanol–water partition coefficient (Wildman–Crippen LogP) is 0.876. The van der Waals surface area contributed by atoms with Gasteiger partial charge >= 0.3 is 11.9 Å². The van der Waals surface area contributed by atoms with Crippen LogP contribution in [0.3, 0.4) is 0 Å². The minimum Gasteiger partial charge on any atom is -0.393 e. The van der Waals surface area contributed by atoms with E-state index in [4.69, 9.17) is 0 Å². The summed E-state index contributed by atoms with van der Waals surface area (Å²) in [6.45, 7) is 1.97. The van der Waals surface area contributed by atoms with Gasteiger partial charge in [0.1, 0.15) is 0 Å². The van der Waals surface area contributed by atoms with Crippen LogP contribution in [0.2, 0.25) is 0 Å². The standard InChI is InChI=1S/C7H10O3/c1-2-5-3-6(8)10-7(9)4-5/h5H,2-4H2,1H3. The monoisotopic (exact) mass is 142 g/mol. The maximum absolute atomic E-state index is 10.6. The van der Waals surface area contributed by atoms with E-state index in [0.717, 1.165) is 6.42 Å². The van der Waals surface area contributed by atoms with E-state index in [9.17, 15) is 9.59 Å². The number of carbonyl (C=O) groups excluding carboxylic acids is 2. The zero-order chi connectivity index (χ0) is 7.56. The van der Waals surface area contributed by atoms with Crippen LogP contribution < -0.4 is 0 Å². The molecule has 0 aromatic rings. The van der Waals surface area contributed by atoms with Crippen LogP contribution in [0.1, 0.15) is 26.2 Å². The van der Waals surface area contributed by atoms with Crippen molar-refractivity contribution in [3.63, 3.8) is 0 Å². The van der Waals surface area contributed by atoms with Crippen LogP contribution in [0.5, 0.6) is 0 Å². The van der Waals surface area contributed by atoms with Gasteiger partial charge in [-0.1, -0.05) is 13.3 Å². The van der Waals surface area contributed by atoms with E-state index >= 15 is 0 Å². The fourth-order valence-corrected chi connectivity index (χ4v) is 1.04. The maximum atomic E-state index is 10.6. The topological polar surface area (TPSA) is 43.4 Å². The molecule has 1 rings (SSSR count). The van der Waals surface area contributed by atoms with Gasteiger partial charge in [-0.15, -0.1) is 0 Å². The second-order valence-electron chi connectivity index (χ2n) is 2.53. The third kappa shape index (κ3) is 1.56. The highest BCUT2D eigenvalue weighted by Gasteiger charge is 2.25. The molecular formula is C7H10O3. The van der Waals surface area contributed by atoms with Gasteiger partial charge < -0.3 is 4.74 Å². The molecule has 0 amide bonds. The molecule has 56 valence electrons. The second-order valence-corrected chi connectivity index (χ2v) is 2.53. The lowest BCUT2D eigenvalue weighted by molar-refractivity contribution is -0.165. The molecule has 0 aromatic heterocycles. The molecule has 0 atom stereocenters.